The highest BCUT2D eigenvalue weighted by Crippen LogP contribution is 2.16. The van der Waals surface area contributed by atoms with Gasteiger partial charge in [-0.15, -0.1) is 0 Å². The van der Waals surface area contributed by atoms with Gasteiger partial charge in [-0.2, -0.15) is 0 Å². The fourth-order valence-corrected chi connectivity index (χ4v) is 1.84. The van der Waals surface area contributed by atoms with Gasteiger partial charge in [0.2, 0.25) is 0 Å². The molecule has 0 aromatic heterocycles. The first-order chi connectivity index (χ1) is 10.2. The SMILES string of the molecule is CC(C)(C)OC(=O)C(Br)CCC(=O)OC(=O)c1ccccc1. The number of hydrogen-bond donors (Lipinski definition) is 0. The van der Waals surface area contributed by atoms with Crippen molar-refractivity contribution in [2.75, 3.05) is 0 Å². The molecule has 0 saturated heterocycles. The molecule has 0 aliphatic heterocycles. The standard InChI is InChI=1S/C16H19BrO5/c1-16(2,3)22-15(20)12(17)9-10-13(18)21-14(19)11-7-5-4-6-8-11/h4-8,12H,9-10H2,1-3H3. The summed E-state index contributed by atoms with van der Waals surface area (Å²) in [7, 11) is 0. The Morgan fingerprint density at radius 1 is 1.14 bits per heavy atom. The molecule has 0 aliphatic rings. The van der Waals surface area contributed by atoms with E-state index in [0.717, 1.165) is 0 Å². The van der Waals surface area contributed by atoms with E-state index in [-0.39, 0.29) is 12.8 Å². The number of esters is 3. The Kier molecular flexibility index (Phi) is 6.74. The second kappa shape index (κ2) is 8.08. The topological polar surface area (TPSA) is 69.7 Å². The van der Waals surface area contributed by atoms with Crippen molar-refractivity contribution in [1.29, 1.82) is 0 Å². The van der Waals surface area contributed by atoms with Crippen LogP contribution in [0.2, 0.25) is 0 Å². The lowest BCUT2D eigenvalue weighted by molar-refractivity contribution is -0.154. The lowest BCUT2D eigenvalue weighted by Crippen LogP contribution is -2.29. The van der Waals surface area contributed by atoms with Gasteiger partial charge in [0.05, 0.1) is 5.56 Å². The van der Waals surface area contributed by atoms with Crippen LogP contribution in [0, 0.1) is 0 Å². The Labute approximate surface area is 138 Å². The fraction of sp³-hybridized carbons (Fsp3) is 0.438. The number of benzene rings is 1. The molecule has 6 heteroatoms. The third-order valence-corrected chi connectivity index (χ3v) is 3.31. The maximum atomic E-state index is 11.7. The summed E-state index contributed by atoms with van der Waals surface area (Å²) in [5, 5.41) is 0. The average Bonchev–Trinajstić information content (AvgIpc) is 2.43. The lowest BCUT2D eigenvalue weighted by Gasteiger charge is -2.21. The Morgan fingerprint density at radius 3 is 2.27 bits per heavy atom. The number of carbonyl (C=O) groups excluding carboxylic acids is 3. The van der Waals surface area contributed by atoms with Gasteiger partial charge in [-0.05, 0) is 39.3 Å². The zero-order valence-corrected chi connectivity index (χ0v) is 14.4. The number of carbonyl (C=O) groups is 3. The molecule has 1 rings (SSSR count). The Bertz CT molecular complexity index is 533. The maximum Gasteiger partial charge on any atom is 0.345 e. The zero-order valence-electron chi connectivity index (χ0n) is 12.8. The van der Waals surface area contributed by atoms with Crippen LogP contribution < -0.4 is 0 Å². The van der Waals surface area contributed by atoms with E-state index in [1.165, 1.54) is 0 Å². The van der Waals surface area contributed by atoms with Gasteiger partial charge in [-0.25, -0.2) is 4.79 Å². The minimum atomic E-state index is -0.700. The van der Waals surface area contributed by atoms with Crippen LogP contribution in [-0.2, 0) is 19.1 Å². The van der Waals surface area contributed by atoms with Crippen LogP contribution in [-0.4, -0.2) is 28.3 Å². The monoisotopic (exact) mass is 370 g/mol. The molecule has 0 saturated carbocycles. The zero-order chi connectivity index (χ0) is 16.8. The van der Waals surface area contributed by atoms with Gasteiger partial charge < -0.3 is 9.47 Å². The van der Waals surface area contributed by atoms with E-state index < -0.39 is 28.3 Å². The molecule has 1 aromatic rings. The minimum absolute atomic E-state index is 0.0618. The van der Waals surface area contributed by atoms with Gasteiger partial charge >= 0.3 is 17.9 Å². The molecule has 0 spiro atoms. The highest BCUT2D eigenvalue weighted by Gasteiger charge is 2.24. The second-order valence-corrected chi connectivity index (χ2v) is 6.77. The summed E-state index contributed by atoms with van der Waals surface area (Å²) in [5.74, 6) is -1.83. The molecule has 120 valence electrons. The van der Waals surface area contributed by atoms with E-state index in [2.05, 4.69) is 15.9 Å². The summed E-state index contributed by atoms with van der Waals surface area (Å²) in [6.07, 6.45) is 0.129. The summed E-state index contributed by atoms with van der Waals surface area (Å²) in [6.45, 7) is 5.28. The first-order valence-corrected chi connectivity index (χ1v) is 7.77. The highest BCUT2D eigenvalue weighted by molar-refractivity contribution is 9.10. The number of halogens is 1. The van der Waals surface area contributed by atoms with Crippen LogP contribution in [0.1, 0.15) is 44.0 Å². The summed E-state index contributed by atoms with van der Waals surface area (Å²) >= 11 is 3.17. The number of alkyl halides is 1. The van der Waals surface area contributed by atoms with E-state index >= 15 is 0 Å². The lowest BCUT2D eigenvalue weighted by atomic mass is 10.2. The molecule has 1 aromatic carbocycles. The molecule has 1 atom stereocenters. The molecule has 0 radical (unpaired) electrons. The fourth-order valence-electron chi connectivity index (χ4n) is 1.52. The number of ether oxygens (including phenoxy) is 2. The molecule has 0 heterocycles. The first-order valence-electron chi connectivity index (χ1n) is 6.86. The quantitative estimate of drug-likeness (QED) is 0.452. The smallest absolute Gasteiger partial charge is 0.345 e. The molecule has 1 unspecified atom stereocenters. The Morgan fingerprint density at radius 2 is 1.73 bits per heavy atom. The molecule has 22 heavy (non-hydrogen) atoms. The Hall–Kier alpha value is -1.69. The third-order valence-electron chi connectivity index (χ3n) is 2.48. The molecular weight excluding hydrogens is 352 g/mol. The molecule has 5 nitrogen and oxygen atoms in total. The molecule has 0 fully saturated rings. The molecule has 0 aliphatic carbocycles. The number of hydrogen-bond acceptors (Lipinski definition) is 5. The van der Waals surface area contributed by atoms with E-state index in [1.807, 2.05) is 0 Å². The van der Waals surface area contributed by atoms with Gasteiger partial charge in [0.1, 0.15) is 10.4 Å². The molecular formula is C16H19BrO5. The van der Waals surface area contributed by atoms with Crippen molar-refractivity contribution in [3.8, 4) is 0 Å². The molecule has 0 amide bonds. The number of rotatable bonds is 5. The predicted octanol–water partition coefficient (Wildman–Crippen LogP) is 3.26. The van der Waals surface area contributed by atoms with Crippen molar-refractivity contribution < 1.29 is 23.9 Å². The van der Waals surface area contributed by atoms with Crippen molar-refractivity contribution in [2.24, 2.45) is 0 Å². The van der Waals surface area contributed by atoms with Crippen molar-refractivity contribution >= 4 is 33.8 Å². The van der Waals surface area contributed by atoms with Gasteiger partial charge in [0.25, 0.3) is 0 Å². The maximum absolute atomic E-state index is 11.7. The van der Waals surface area contributed by atoms with Crippen LogP contribution in [0.5, 0.6) is 0 Å². The van der Waals surface area contributed by atoms with Gasteiger partial charge in [-0.1, -0.05) is 34.1 Å². The van der Waals surface area contributed by atoms with Gasteiger partial charge in [-0.3, -0.25) is 9.59 Å². The Balaban J connectivity index is 2.40. The molecule has 0 bridgehead atoms. The third kappa shape index (κ3) is 6.85. The summed E-state index contributed by atoms with van der Waals surface area (Å²) in [4.78, 5) is 34.4. The normalized spacial score (nSPS) is 12.4. The van der Waals surface area contributed by atoms with Crippen LogP contribution in [0.3, 0.4) is 0 Å². The largest absolute Gasteiger partial charge is 0.459 e. The van der Waals surface area contributed by atoms with Crippen LogP contribution >= 0.6 is 15.9 Å². The van der Waals surface area contributed by atoms with E-state index in [0.29, 0.717) is 5.56 Å². The van der Waals surface area contributed by atoms with Gasteiger partial charge in [0.15, 0.2) is 0 Å². The van der Waals surface area contributed by atoms with Crippen molar-refractivity contribution in [3.63, 3.8) is 0 Å². The van der Waals surface area contributed by atoms with E-state index in [9.17, 15) is 14.4 Å². The highest BCUT2D eigenvalue weighted by atomic mass is 79.9. The van der Waals surface area contributed by atoms with Crippen molar-refractivity contribution in [2.45, 2.75) is 44.0 Å². The van der Waals surface area contributed by atoms with Crippen LogP contribution in [0.25, 0.3) is 0 Å². The summed E-state index contributed by atoms with van der Waals surface area (Å²) in [5.41, 5.74) is -0.286. The predicted molar refractivity (Wildman–Crippen MR) is 84.7 cm³/mol. The first kappa shape index (κ1) is 18.4. The van der Waals surface area contributed by atoms with E-state index in [4.69, 9.17) is 9.47 Å². The minimum Gasteiger partial charge on any atom is -0.459 e. The second-order valence-electron chi connectivity index (χ2n) is 5.67. The van der Waals surface area contributed by atoms with Crippen LogP contribution in [0.4, 0.5) is 0 Å². The molecule has 0 N–H and O–H groups in total. The van der Waals surface area contributed by atoms with Gasteiger partial charge in [0, 0.05) is 6.42 Å². The van der Waals surface area contributed by atoms with E-state index in [1.54, 1.807) is 51.1 Å². The average molecular weight is 371 g/mol. The summed E-state index contributed by atoms with van der Waals surface area (Å²) in [6, 6.07) is 8.23. The van der Waals surface area contributed by atoms with Crippen molar-refractivity contribution in [3.05, 3.63) is 35.9 Å². The summed E-state index contributed by atoms with van der Waals surface area (Å²) < 4.78 is 9.89. The van der Waals surface area contributed by atoms with Crippen LogP contribution in [0.15, 0.2) is 30.3 Å². The van der Waals surface area contributed by atoms with Crippen molar-refractivity contribution in [1.82, 2.24) is 0 Å².